The van der Waals surface area contributed by atoms with Crippen molar-refractivity contribution in [3.8, 4) is 22.4 Å². The average Bonchev–Trinajstić information content (AvgIpc) is 3.68. The topological polar surface area (TPSA) is 55.1 Å². The van der Waals surface area contributed by atoms with Crippen LogP contribution in [0.15, 0.2) is 138 Å². The monoisotopic (exact) mass is 618 g/mol. The number of para-hydroxylation sites is 1. The van der Waals surface area contributed by atoms with E-state index in [9.17, 15) is 0 Å². The second-order valence-corrected chi connectivity index (χ2v) is 13.1. The van der Waals surface area contributed by atoms with E-state index >= 15 is 0 Å². The summed E-state index contributed by atoms with van der Waals surface area (Å²) >= 11 is 1.83. The number of pyridine rings is 1. The summed E-state index contributed by atoms with van der Waals surface area (Å²) in [5.74, 6) is 0.559. The van der Waals surface area contributed by atoms with Crippen molar-refractivity contribution in [1.82, 2.24) is 15.0 Å². The van der Waals surface area contributed by atoms with Crippen LogP contribution in [0.3, 0.4) is 0 Å². The van der Waals surface area contributed by atoms with Crippen molar-refractivity contribution >= 4 is 92.4 Å². The molecule has 10 aromatic rings. The minimum atomic E-state index is 0.551. The van der Waals surface area contributed by atoms with Crippen LogP contribution in [0.4, 0.5) is 17.3 Å². The van der Waals surface area contributed by atoms with Crippen LogP contribution in [-0.2, 0) is 0 Å². The molecule has 0 amide bonds. The molecule has 0 radical (unpaired) electrons. The quantitative estimate of drug-likeness (QED) is 0.193. The molecule has 6 aromatic carbocycles. The second kappa shape index (κ2) is 9.22. The van der Waals surface area contributed by atoms with Crippen LogP contribution in [-0.4, -0.2) is 15.0 Å². The summed E-state index contributed by atoms with van der Waals surface area (Å²) in [4.78, 5) is 17.3. The van der Waals surface area contributed by atoms with Gasteiger partial charge in [0.2, 0.25) is 11.7 Å². The predicted molar refractivity (Wildman–Crippen MR) is 194 cm³/mol. The van der Waals surface area contributed by atoms with Gasteiger partial charge in [-0.25, -0.2) is 4.98 Å². The zero-order chi connectivity index (χ0) is 30.6. The molecule has 218 valence electrons. The Labute approximate surface area is 272 Å². The molecular weight excluding hydrogens is 597 g/mol. The lowest BCUT2D eigenvalue weighted by Gasteiger charge is -2.32. The van der Waals surface area contributed by atoms with Gasteiger partial charge in [0, 0.05) is 54.5 Å². The van der Waals surface area contributed by atoms with Gasteiger partial charge < -0.3 is 4.42 Å². The van der Waals surface area contributed by atoms with Crippen LogP contribution >= 0.6 is 11.3 Å². The maximum absolute atomic E-state index is 6.60. The van der Waals surface area contributed by atoms with Crippen molar-refractivity contribution in [3.63, 3.8) is 0 Å². The van der Waals surface area contributed by atoms with E-state index in [2.05, 4.69) is 125 Å². The molecule has 11 rings (SSSR count). The zero-order valence-electron chi connectivity index (χ0n) is 24.8. The molecule has 0 spiro atoms. The van der Waals surface area contributed by atoms with E-state index in [1.165, 1.54) is 36.5 Å². The number of furan rings is 1. The fourth-order valence-corrected chi connectivity index (χ4v) is 8.64. The number of hydrogen-bond acceptors (Lipinski definition) is 6. The summed E-state index contributed by atoms with van der Waals surface area (Å²) in [6.45, 7) is 0. The van der Waals surface area contributed by atoms with Crippen LogP contribution in [0.25, 0.3) is 86.2 Å². The van der Waals surface area contributed by atoms with E-state index in [1.807, 2.05) is 23.6 Å². The van der Waals surface area contributed by atoms with Gasteiger partial charge in [-0.1, -0.05) is 78.9 Å². The van der Waals surface area contributed by atoms with Gasteiger partial charge in [-0.3, -0.25) is 9.88 Å². The van der Waals surface area contributed by atoms with E-state index in [1.54, 1.807) is 6.20 Å². The van der Waals surface area contributed by atoms with Crippen molar-refractivity contribution < 1.29 is 4.42 Å². The third-order valence-electron chi connectivity index (χ3n) is 9.48. The number of anilines is 3. The SMILES string of the molecule is c1cncc(-c2nc(N3c4ccccc4-c4cccc5c4c3cc3sc4ccccc4c35)nc3oc4cc5ccccc5cc4c23)c1. The third kappa shape index (κ3) is 3.45. The Kier molecular flexibility index (Phi) is 4.93. The highest BCUT2D eigenvalue weighted by Crippen LogP contribution is 2.54. The normalized spacial score (nSPS) is 12.6. The molecule has 47 heavy (non-hydrogen) atoms. The first kappa shape index (κ1) is 25.1. The Morgan fingerprint density at radius 2 is 1.38 bits per heavy atom. The highest BCUT2D eigenvalue weighted by atomic mass is 32.1. The first-order chi connectivity index (χ1) is 23.3. The molecule has 5 heterocycles. The van der Waals surface area contributed by atoms with Gasteiger partial charge in [-0.15, -0.1) is 11.3 Å². The Balaban J connectivity index is 1.28. The van der Waals surface area contributed by atoms with Crippen molar-refractivity contribution in [1.29, 1.82) is 0 Å². The Morgan fingerprint density at radius 1 is 0.574 bits per heavy atom. The lowest BCUT2D eigenvalue weighted by molar-refractivity contribution is 0.653. The van der Waals surface area contributed by atoms with E-state index in [0.29, 0.717) is 11.7 Å². The maximum Gasteiger partial charge on any atom is 0.238 e. The molecule has 0 saturated heterocycles. The Morgan fingerprint density at radius 3 is 2.30 bits per heavy atom. The fraction of sp³-hybridized carbons (Fsp3) is 0. The highest BCUT2D eigenvalue weighted by molar-refractivity contribution is 7.26. The number of benzene rings is 6. The number of aromatic nitrogens is 3. The summed E-state index contributed by atoms with van der Waals surface area (Å²) in [5, 5.41) is 9.15. The van der Waals surface area contributed by atoms with Gasteiger partial charge in [-0.2, -0.15) is 4.98 Å². The molecule has 0 aliphatic carbocycles. The van der Waals surface area contributed by atoms with Gasteiger partial charge in [0.1, 0.15) is 5.58 Å². The van der Waals surface area contributed by atoms with E-state index in [0.717, 1.165) is 55.3 Å². The first-order valence-electron chi connectivity index (χ1n) is 15.6. The molecule has 0 N–H and O–H groups in total. The van der Waals surface area contributed by atoms with Gasteiger partial charge in [-0.05, 0) is 64.2 Å². The summed E-state index contributed by atoms with van der Waals surface area (Å²) in [6.07, 6.45) is 3.66. The van der Waals surface area contributed by atoms with Crippen molar-refractivity contribution in [3.05, 3.63) is 134 Å². The van der Waals surface area contributed by atoms with Crippen molar-refractivity contribution in [2.24, 2.45) is 0 Å². The molecule has 1 aliphatic heterocycles. The summed E-state index contributed by atoms with van der Waals surface area (Å²) in [6, 6.07) is 42.9. The van der Waals surface area contributed by atoms with Gasteiger partial charge >= 0.3 is 0 Å². The number of rotatable bonds is 2. The molecular formula is C41H22N4OS. The highest BCUT2D eigenvalue weighted by Gasteiger charge is 2.31. The van der Waals surface area contributed by atoms with Crippen LogP contribution in [0.5, 0.6) is 0 Å². The van der Waals surface area contributed by atoms with Crippen LogP contribution in [0.1, 0.15) is 0 Å². The molecule has 0 saturated carbocycles. The average molecular weight is 619 g/mol. The number of nitrogens with zero attached hydrogens (tertiary/aromatic N) is 4. The Hall–Kier alpha value is -6.11. The van der Waals surface area contributed by atoms with Gasteiger partial charge in [0.15, 0.2) is 0 Å². The minimum Gasteiger partial charge on any atom is -0.437 e. The number of hydrogen-bond donors (Lipinski definition) is 0. The number of fused-ring (bicyclic) bond motifs is 10. The fourth-order valence-electron chi connectivity index (χ4n) is 7.48. The molecule has 0 bridgehead atoms. The molecule has 0 fully saturated rings. The molecule has 0 unspecified atom stereocenters. The molecule has 4 aromatic heterocycles. The van der Waals surface area contributed by atoms with E-state index in [4.69, 9.17) is 14.4 Å². The van der Waals surface area contributed by atoms with Gasteiger partial charge in [0.25, 0.3) is 0 Å². The first-order valence-corrected chi connectivity index (χ1v) is 16.4. The number of thiophene rings is 1. The van der Waals surface area contributed by atoms with E-state index < -0.39 is 0 Å². The standard InChI is InChI=1S/C41H22N4OS/c1-2-10-24-20-33-30(19-23(24)9-1)38-39(25-11-8-18-42-22-25)43-41(44-40(38)46-33)45-31-16-5-3-12-26(31)27-14-7-15-29-36(27)32(45)21-35-37(29)28-13-4-6-17-34(28)47-35/h1-22H. The summed E-state index contributed by atoms with van der Waals surface area (Å²) in [5.41, 5.74) is 7.49. The summed E-state index contributed by atoms with van der Waals surface area (Å²) in [7, 11) is 0. The Bertz CT molecular complexity index is 2930. The largest absolute Gasteiger partial charge is 0.437 e. The maximum atomic E-state index is 6.60. The molecule has 5 nitrogen and oxygen atoms in total. The lowest BCUT2D eigenvalue weighted by atomic mass is 9.89. The molecule has 6 heteroatoms. The lowest BCUT2D eigenvalue weighted by Crippen LogP contribution is -2.18. The summed E-state index contributed by atoms with van der Waals surface area (Å²) < 4.78 is 9.11. The van der Waals surface area contributed by atoms with Crippen molar-refractivity contribution in [2.75, 3.05) is 4.90 Å². The smallest absolute Gasteiger partial charge is 0.238 e. The van der Waals surface area contributed by atoms with Crippen LogP contribution in [0.2, 0.25) is 0 Å². The van der Waals surface area contributed by atoms with E-state index in [-0.39, 0.29) is 0 Å². The van der Waals surface area contributed by atoms with Crippen LogP contribution in [0, 0.1) is 0 Å². The molecule has 1 aliphatic rings. The zero-order valence-corrected chi connectivity index (χ0v) is 25.6. The van der Waals surface area contributed by atoms with Crippen LogP contribution < -0.4 is 4.90 Å². The third-order valence-corrected chi connectivity index (χ3v) is 10.6. The van der Waals surface area contributed by atoms with Gasteiger partial charge in [0.05, 0.1) is 22.5 Å². The predicted octanol–water partition coefficient (Wildman–Crippen LogP) is 11.6. The second-order valence-electron chi connectivity index (χ2n) is 12.0. The minimum absolute atomic E-state index is 0.551. The van der Waals surface area contributed by atoms with Crippen molar-refractivity contribution in [2.45, 2.75) is 0 Å². The molecule has 0 atom stereocenters.